The van der Waals surface area contributed by atoms with Crippen LogP contribution in [0.1, 0.15) is 6.92 Å². The van der Waals surface area contributed by atoms with Crippen molar-refractivity contribution >= 4 is 18.5 Å². The Balaban J connectivity index is 0.00000121. The molecule has 5 heteroatoms. The molecule has 0 radical (unpaired) electrons. The summed E-state index contributed by atoms with van der Waals surface area (Å²) in [6, 6.07) is 0.246. The van der Waals surface area contributed by atoms with Crippen molar-refractivity contribution in [3.63, 3.8) is 0 Å². The average molecular weight is 195 g/mol. The largest absolute Gasteiger partial charge is 0.453 e. The molecule has 0 spiro atoms. The van der Waals surface area contributed by atoms with E-state index in [9.17, 15) is 4.79 Å². The van der Waals surface area contributed by atoms with Crippen LogP contribution >= 0.6 is 12.4 Å². The maximum Gasteiger partial charge on any atom is 0.409 e. The summed E-state index contributed by atoms with van der Waals surface area (Å²) < 4.78 is 4.62. The summed E-state index contributed by atoms with van der Waals surface area (Å²) in [4.78, 5) is 12.8. The Kier molecular flexibility index (Phi) is 5.01. The van der Waals surface area contributed by atoms with Crippen molar-refractivity contribution in [2.24, 2.45) is 0 Å². The van der Waals surface area contributed by atoms with Gasteiger partial charge in [-0.1, -0.05) is 0 Å². The average Bonchev–Trinajstić information content (AvgIpc) is 2.04. The number of nitrogens with one attached hydrogen (secondary N) is 1. The zero-order chi connectivity index (χ0) is 8.27. The van der Waals surface area contributed by atoms with Gasteiger partial charge in [0.2, 0.25) is 0 Å². The van der Waals surface area contributed by atoms with Crippen LogP contribution in [0.5, 0.6) is 0 Å². The smallest absolute Gasteiger partial charge is 0.409 e. The van der Waals surface area contributed by atoms with Gasteiger partial charge >= 0.3 is 6.09 Å². The monoisotopic (exact) mass is 194 g/mol. The third-order valence-electron chi connectivity index (χ3n) is 1.91. The van der Waals surface area contributed by atoms with E-state index < -0.39 is 0 Å². The van der Waals surface area contributed by atoms with E-state index >= 15 is 0 Å². The van der Waals surface area contributed by atoms with Crippen LogP contribution in [0.2, 0.25) is 0 Å². The highest BCUT2D eigenvalue weighted by Gasteiger charge is 2.22. The Morgan fingerprint density at radius 2 is 2.33 bits per heavy atom. The molecule has 0 aromatic heterocycles. The maximum atomic E-state index is 11.1. The molecule has 0 saturated carbocycles. The molecule has 72 valence electrons. The predicted molar refractivity (Wildman–Crippen MR) is 48.7 cm³/mol. The van der Waals surface area contributed by atoms with Gasteiger partial charge in [0, 0.05) is 25.7 Å². The molecule has 4 nitrogen and oxygen atoms in total. The fourth-order valence-corrected chi connectivity index (χ4v) is 1.23. The standard InChI is InChI=1S/C7H14N2O2.ClH/c1-6-5-8-3-4-9(6)7(10)11-2;/h6,8H,3-5H2,1-2H3;1H/t6-;/m0./s1. The van der Waals surface area contributed by atoms with Crippen LogP contribution in [0.3, 0.4) is 0 Å². The first-order chi connectivity index (χ1) is 5.25. The van der Waals surface area contributed by atoms with Gasteiger partial charge in [-0.3, -0.25) is 0 Å². The first-order valence-electron chi connectivity index (χ1n) is 3.81. The molecule has 1 aliphatic rings. The molecular weight excluding hydrogens is 180 g/mol. The highest BCUT2D eigenvalue weighted by molar-refractivity contribution is 5.85. The lowest BCUT2D eigenvalue weighted by Gasteiger charge is -2.32. The number of hydrogen-bond donors (Lipinski definition) is 1. The minimum atomic E-state index is -0.223. The highest BCUT2D eigenvalue weighted by atomic mass is 35.5. The van der Waals surface area contributed by atoms with Crippen molar-refractivity contribution in [2.45, 2.75) is 13.0 Å². The van der Waals surface area contributed by atoms with Gasteiger partial charge in [0.1, 0.15) is 0 Å². The summed E-state index contributed by atoms with van der Waals surface area (Å²) in [6.07, 6.45) is -0.223. The summed E-state index contributed by atoms with van der Waals surface area (Å²) in [7, 11) is 1.41. The van der Waals surface area contributed by atoms with Crippen LogP contribution < -0.4 is 5.32 Å². The van der Waals surface area contributed by atoms with Crippen LogP contribution in [0, 0.1) is 0 Å². The Labute approximate surface area is 78.7 Å². The van der Waals surface area contributed by atoms with Crippen LogP contribution in [0.25, 0.3) is 0 Å². The topological polar surface area (TPSA) is 41.6 Å². The molecular formula is C7H15ClN2O2. The molecule has 1 amide bonds. The third-order valence-corrected chi connectivity index (χ3v) is 1.91. The first kappa shape index (κ1) is 11.5. The van der Waals surface area contributed by atoms with Gasteiger partial charge in [0.15, 0.2) is 0 Å². The molecule has 0 unspecified atom stereocenters. The third kappa shape index (κ3) is 2.53. The summed E-state index contributed by atoms with van der Waals surface area (Å²) in [5, 5.41) is 3.19. The number of halogens is 1. The number of piperazine rings is 1. The van der Waals surface area contributed by atoms with Crippen molar-refractivity contribution < 1.29 is 9.53 Å². The van der Waals surface area contributed by atoms with Gasteiger partial charge in [-0.2, -0.15) is 0 Å². The second-order valence-corrected chi connectivity index (χ2v) is 2.72. The van der Waals surface area contributed by atoms with Gasteiger partial charge in [-0.05, 0) is 6.92 Å². The Morgan fingerprint density at radius 1 is 1.67 bits per heavy atom. The van der Waals surface area contributed by atoms with Crippen molar-refractivity contribution in [1.82, 2.24) is 10.2 Å². The van der Waals surface area contributed by atoms with E-state index in [-0.39, 0.29) is 24.5 Å². The Morgan fingerprint density at radius 3 is 2.83 bits per heavy atom. The summed E-state index contributed by atoms with van der Waals surface area (Å²) in [6.45, 7) is 4.46. The summed E-state index contributed by atoms with van der Waals surface area (Å²) in [5.74, 6) is 0. The molecule has 0 aromatic rings. The summed E-state index contributed by atoms with van der Waals surface area (Å²) in [5.41, 5.74) is 0. The van der Waals surface area contributed by atoms with E-state index in [4.69, 9.17) is 0 Å². The number of methoxy groups -OCH3 is 1. The van der Waals surface area contributed by atoms with E-state index in [0.717, 1.165) is 19.6 Å². The molecule has 12 heavy (non-hydrogen) atoms. The number of ether oxygens (including phenoxy) is 1. The fraction of sp³-hybridized carbons (Fsp3) is 0.857. The Bertz CT molecular complexity index is 154. The van der Waals surface area contributed by atoms with Gasteiger partial charge in [-0.25, -0.2) is 4.79 Å². The van der Waals surface area contributed by atoms with Gasteiger partial charge in [0.05, 0.1) is 7.11 Å². The SMILES string of the molecule is COC(=O)N1CCNC[C@@H]1C.Cl. The zero-order valence-electron chi connectivity index (χ0n) is 7.37. The lowest BCUT2D eigenvalue weighted by atomic mass is 10.2. The maximum absolute atomic E-state index is 11.1. The first-order valence-corrected chi connectivity index (χ1v) is 3.81. The number of rotatable bonds is 0. The normalized spacial score (nSPS) is 22.8. The Hall–Kier alpha value is -0.480. The zero-order valence-corrected chi connectivity index (χ0v) is 8.19. The lowest BCUT2D eigenvalue weighted by molar-refractivity contribution is 0.0990. The van der Waals surface area contributed by atoms with E-state index in [1.807, 2.05) is 6.92 Å². The number of carbonyl (C=O) groups is 1. The quantitative estimate of drug-likeness (QED) is 0.610. The molecule has 0 aromatic carbocycles. The lowest BCUT2D eigenvalue weighted by Crippen LogP contribution is -2.52. The van der Waals surface area contributed by atoms with E-state index in [1.165, 1.54) is 7.11 Å². The second kappa shape index (κ2) is 5.22. The van der Waals surface area contributed by atoms with Crippen molar-refractivity contribution in [1.29, 1.82) is 0 Å². The number of nitrogens with zero attached hydrogens (tertiary/aromatic N) is 1. The summed E-state index contributed by atoms with van der Waals surface area (Å²) >= 11 is 0. The van der Waals surface area contributed by atoms with E-state index in [0.29, 0.717) is 0 Å². The molecule has 1 fully saturated rings. The van der Waals surface area contributed by atoms with Gasteiger partial charge in [0.25, 0.3) is 0 Å². The highest BCUT2D eigenvalue weighted by Crippen LogP contribution is 2.03. The van der Waals surface area contributed by atoms with Gasteiger partial charge in [-0.15, -0.1) is 12.4 Å². The number of hydrogen-bond acceptors (Lipinski definition) is 3. The molecule has 1 atom stereocenters. The molecule has 1 aliphatic heterocycles. The molecule has 1 N–H and O–H groups in total. The predicted octanol–water partition coefficient (Wildman–Crippen LogP) is 0.468. The number of amides is 1. The molecule has 1 saturated heterocycles. The molecule has 1 heterocycles. The van der Waals surface area contributed by atoms with Crippen molar-refractivity contribution in [3.05, 3.63) is 0 Å². The molecule has 0 bridgehead atoms. The number of carbonyl (C=O) groups excluding carboxylic acids is 1. The van der Waals surface area contributed by atoms with Crippen LogP contribution in [0.15, 0.2) is 0 Å². The van der Waals surface area contributed by atoms with E-state index in [1.54, 1.807) is 4.90 Å². The van der Waals surface area contributed by atoms with Gasteiger partial charge < -0.3 is 15.0 Å². The molecule has 1 rings (SSSR count). The van der Waals surface area contributed by atoms with E-state index in [2.05, 4.69) is 10.1 Å². The van der Waals surface area contributed by atoms with Crippen LogP contribution in [0.4, 0.5) is 4.79 Å². The minimum Gasteiger partial charge on any atom is -0.453 e. The van der Waals surface area contributed by atoms with Crippen molar-refractivity contribution in [3.8, 4) is 0 Å². The second-order valence-electron chi connectivity index (χ2n) is 2.72. The molecule has 0 aliphatic carbocycles. The van der Waals surface area contributed by atoms with Crippen molar-refractivity contribution in [2.75, 3.05) is 26.7 Å². The fourth-order valence-electron chi connectivity index (χ4n) is 1.23. The van der Waals surface area contributed by atoms with Crippen LogP contribution in [-0.4, -0.2) is 43.8 Å². The minimum absolute atomic E-state index is 0. The van der Waals surface area contributed by atoms with Crippen LogP contribution in [-0.2, 0) is 4.74 Å².